The zero-order chi connectivity index (χ0) is 46.1. The lowest BCUT2D eigenvalue weighted by molar-refractivity contribution is -0.154. The Hall–Kier alpha value is -5.38. The van der Waals surface area contributed by atoms with Gasteiger partial charge in [-0.05, 0) is 71.3 Å². The van der Waals surface area contributed by atoms with Crippen LogP contribution in [-0.2, 0) is 43.2 Å². The molecule has 15 N–H and O–H groups in total. The molecule has 0 bridgehead atoms. The van der Waals surface area contributed by atoms with Crippen molar-refractivity contribution >= 4 is 59.1 Å². The van der Waals surface area contributed by atoms with Gasteiger partial charge >= 0.3 is 0 Å². The number of aliphatic imine (C=N–C) groups is 1. The fourth-order valence-electron chi connectivity index (χ4n) is 6.11. The number of aliphatic hydroxyl groups excluding tert-OH is 1. The standard InChI is InChI=1S/C38H70N12O10/c1-8-14-27(37(60)50(24(7)53)28(16-11-12-19-39)34(57)46-25(32(55)43-10-3)15-13-20-44-38(41)42)47-36(59)31(22(5)51)49-35(58)30(21(4)9-2)48-33(56)26(45-23(6)52)17-18-29(40)54/h21-22,25-28,30-31,51H,8-20,39H2,1-7H3,(H2,40,54)(H,43,55)(H,45,52)(H,46,57)(H,47,59)(H,48,56)(H,49,58)(H4,41,42,44)/t21-,22+,25-,26-,27-,28-,30+,31-/m0/s1. The minimum Gasteiger partial charge on any atom is -0.391 e. The number of guanidine groups is 1. The second-order valence-electron chi connectivity index (χ2n) is 14.6. The molecule has 0 saturated heterocycles. The van der Waals surface area contributed by atoms with Gasteiger partial charge in [0.25, 0.3) is 5.91 Å². The lowest BCUT2D eigenvalue weighted by Crippen LogP contribution is -2.63. The van der Waals surface area contributed by atoms with E-state index in [0.717, 1.165) is 11.8 Å². The Morgan fingerprint density at radius 3 is 1.75 bits per heavy atom. The number of hydrogen-bond acceptors (Lipinski definition) is 12. The first-order valence-corrected chi connectivity index (χ1v) is 20.5. The van der Waals surface area contributed by atoms with Crippen molar-refractivity contribution in [2.45, 2.75) is 155 Å². The van der Waals surface area contributed by atoms with Crippen molar-refractivity contribution in [3.63, 3.8) is 0 Å². The Labute approximate surface area is 352 Å². The van der Waals surface area contributed by atoms with E-state index in [-0.39, 0.29) is 57.7 Å². The van der Waals surface area contributed by atoms with E-state index in [9.17, 15) is 48.3 Å². The van der Waals surface area contributed by atoms with E-state index in [1.165, 1.54) is 13.8 Å². The lowest BCUT2D eigenvalue weighted by Gasteiger charge is -2.33. The average molecular weight is 855 g/mol. The van der Waals surface area contributed by atoms with Crippen molar-refractivity contribution in [1.82, 2.24) is 36.8 Å². The van der Waals surface area contributed by atoms with E-state index < -0.39 is 101 Å². The number of rotatable bonds is 29. The summed E-state index contributed by atoms with van der Waals surface area (Å²) < 4.78 is 0. The van der Waals surface area contributed by atoms with Crippen LogP contribution in [0.4, 0.5) is 0 Å². The minimum absolute atomic E-state index is 0.0281. The largest absolute Gasteiger partial charge is 0.391 e. The highest BCUT2D eigenvalue weighted by atomic mass is 16.3. The van der Waals surface area contributed by atoms with E-state index in [2.05, 4.69) is 36.9 Å². The summed E-state index contributed by atoms with van der Waals surface area (Å²) in [6, 6.07) is -8.12. The van der Waals surface area contributed by atoms with Gasteiger partial charge in [0.1, 0.15) is 36.3 Å². The van der Waals surface area contributed by atoms with Crippen LogP contribution in [0.5, 0.6) is 0 Å². The molecule has 0 aromatic heterocycles. The van der Waals surface area contributed by atoms with Gasteiger partial charge in [-0.1, -0.05) is 33.6 Å². The third-order valence-corrected chi connectivity index (χ3v) is 9.47. The van der Waals surface area contributed by atoms with Gasteiger partial charge in [-0.15, -0.1) is 0 Å². The fraction of sp³-hybridized carbons (Fsp3) is 0.737. The van der Waals surface area contributed by atoms with Gasteiger partial charge in [-0.25, -0.2) is 0 Å². The van der Waals surface area contributed by atoms with Crippen molar-refractivity contribution in [3.05, 3.63) is 0 Å². The number of nitrogens with two attached hydrogens (primary N) is 4. The maximum absolute atomic E-state index is 14.3. The molecule has 8 atom stereocenters. The number of nitrogens with one attached hydrogen (secondary N) is 6. The molecule has 22 nitrogen and oxygen atoms in total. The van der Waals surface area contributed by atoms with Crippen LogP contribution in [0, 0.1) is 5.92 Å². The van der Waals surface area contributed by atoms with Crippen LogP contribution >= 0.6 is 0 Å². The second-order valence-corrected chi connectivity index (χ2v) is 14.6. The molecule has 0 rings (SSSR count). The molecule has 0 aromatic carbocycles. The van der Waals surface area contributed by atoms with Crippen molar-refractivity contribution < 1.29 is 48.3 Å². The number of hydrogen-bond donors (Lipinski definition) is 11. The van der Waals surface area contributed by atoms with Gasteiger partial charge in [-0.2, -0.15) is 0 Å². The number of likely N-dealkylation sites (N-methyl/N-ethyl adjacent to an activating group) is 1. The number of unbranched alkanes of at least 4 members (excludes halogenated alkanes) is 1. The van der Waals surface area contributed by atoms with Gasteiger partial charge in [-0.3, -0.25) is 53.0 Å². The van der Waals surface area contributed by atoms with E-state index in [0.29, 0.717) is 32.1 Å². The molecular weight excluding hydrogens is 784 g/mol. The summed E-state index contributed by atoms with van der Waals surface area (Å²) in [5.74, 6) is -7.75. The minimum atomic E-state index is -1.68. The number of nitrogens with zero attached hydrogens (tertiary/aromatic N) is 2. The first-order valence-electron chi connectivity index (χ1n) is 20.5. The van der Waals surface area contributed by atoms with E-state index in [4.69, 9.17) is 22.9 Å². The Morgan fingerprint density at radius 2 is 1.25 bits per heavy atom. The molecule has 9 amide bonds. The number of imide groups is 1. The van der Waals surface area contributed by atoms with Crippen molar-refractivity contribution in [2.75, 3.05) is 19.6 Å². The molecule has 22 heteroatoms. The van der Waals surface area contributed by atoms with E-state index in [1.54, 1.807) is 27.7 Å². The Bertz CT molecular complexity index is 1490. The van der Waals surface area contributed by atoms with Crippen LogP contribution in [0.2, 0.25) is 0 Å². The predicted molar refractivity (Wildman–Crippen MR) is 223 cm³/mol. The summed E-state index contributed by atoms with van der Waals surface area (Å²) in [5.41, 5.74) is 21.7. The second kappa shape index (κ2) is 28.9. The van der Waals surface area contributed by atoms with E-state index in [1.807, 2.05) is 0 Å². The lowest BCUT2D eigenvalue weighted by atomic mass is 9.96. The van der Waals surface area contributed by atoms with Crippen LogP contribution in [0.1, 0.15) is 113 Å². The normalized spacial score (nSPS) is 14.9. The summed E-state index contributed by atoms with van der Waals surface area (Å²) in [6.07, 6.45) is -0.144. The molecule has 342 valence electrons. The Balaban J connectivity index is 6.63. The molecule has 60 heavy (non-hydrogen) atoms. The molecule has 0 spiro atoms. The van der Waals surface area contributed by atoms with Crippen molar-refractivity contribution in [1.29, 1.82) is 0 Å². The highest BCUT2D eigenvalue weighted by Crippen LogP contribution is 2.16. The fourth-order valence-corrected chi connectivity index (χ4v) is 6.11. The SMILES string of the molecule is CCC[C@H](NC(=O)[C@@H](NC(=O)[C@H](NC(=O)[C@H](CCC(N)=O)NC(C)=O)[C@@H](C)CC)[C@@H](C)O)C(=O)N(C(C)=O)[C@@H](CCCCN)C(=O)N[C@@H](CCCN=C(N)N)C(=O)NCC. The van der Waals surface area contributed by atoms with Gasteiger partial charge in [0.15, 0.2) is 5.96 Å². The molecule has 0 aromatic rings. The third-order valence-electron chi connectivity index (χ3n) is 9.47. The molecule has 0 heterocycles. The number of aliphatic hydroxyl groups is 1. The molecule has 0 aliphatic carbocycles. The average Bonchev–Trinajstić information content (AvgIpc) is 3.16. The summed E-state index contributed by atoms with van der Waals surface area (Å²) in [4.78, 5) is 123. The van der Waals surface area contributed by atoms with Crippen LogP contribution < -0.4 is 54.8 Å². The van der Waals surface area contributed by atoms with Crippen LogP contribution in [0.3, 0.4) is 0 Å². The molecule has 0 radical (unpaired) electrons. The van der Waals surface area contributed by atoms with Gasteiger partial charge < -0.3 is 59.9 Å². The first-order chi connectivity index (χ1) is 28.2. The Kier molecular flexibility index (Phi) is 26.3. The summed E-state index contributed by atoms with van der Waals surface area (Å²) in [7, 11) is 0. The van der Waals surface area contributed by atoms with Gasteiger partial charge in [0.2, 0.25) is 47.3 Å². The molecule has 0 aliphatic heterocycles. The quantitative estimate of drug-likeness (QED) is 0.0203. The molecule has 0 aliphatic rings. The zero-order valence-corrected chi connectivity index (χ0v) is 36.1. The maximum Gasteiger partial charge on any atom is 0.252 e. The van der Waals surface area contributed by atoms with Crippen LogP contribution in [0.25, 0.3) is 0 Å². The summed E-state index contributed by atoms with van der Waals surface area (Å²) in [6.45, 7) is 10.9. The van der Waals surface area contributed by atoms with Gasteiger partial charge in [0, 0.05) is 33.4 Å². The predicted octanol–water partition coefficient (Wildman–Crippen LogP) is -3.01. The Morgan fingerprint density at radius 1 is 0.667 bits per heavy atom. The first kappa shape index (κ1) is 54.6. The molecule has 0 fully saturated rings. The molecular formula is C38H70N12O10. The highest BCUT2D eigenvalue weighted by Gasteiger charge is 2.40. The number of carbonyl (C=O) groups is 9. The zero-order valence-electron chi connectivity index (χ0n) is 36.1. The smallest absolute Gasteiger partial charge is 0.252 e. The maximum atomic E-state index is 14.3. The van der Waals surface area contributed by atoms with Gasteiger partial charge in [0.05, 0.1) is 6.10 Å². The monoisotopic (exact) mass is 855 g/mol. The van der Waals surface area contributed by atoms with Crippen molar-refractivity contribution in [2.24, 2.45) is 33.8 Å². The molecule has 0 saturated carbocycles. The topological polar surface area (TPSA) is 366 Å². The van der Waals surface area contributed by atoms with Crippen LogP contribution in [0.15, 0.2) is 4.99 Å². The van der Waals surface area contributed by atoms with Crippen molar-refractivity contribution in [3.8, 4) is 0 Å². The van der Waals surface area contributed by atoms with E-state index >= 15 is 0 Å². The summed E-state index contributed by atoms with van der Waals surface area (Å²) >= 11 is 0. The molecule has 0 unspecified atom stereocenters. The third kappa shape index (κ3) is 20.1. The van der Waals surface area contributed by atoms with Crippen LogP contribution in [-0.4, -0.2) is 131 Å². The number of amides is 9. The number of primary amides is 1. The highest BCUT2D eigenvalue weighted by molar-refractivity contribution is 6.04. The number of carbonyl (C=O) groups excluding carboxylic acids is 9. The summed E-state index contributed by atoms with van der Waals surface area (Å²) in [5, 5.41) is 26.0.